The molecule has 2 aromatic rings. The van der Waals surface area contributed by atoms with Gasteiger partial charge in [0.15, 0.2) is 5.82 Å². The molecular weight excluding hydrogens is 271 g/mol. The smallest absolute Gasteiger partial charge is 0.239 e. The molecule has 4 N–H and O–H groups in total. The predicted molar refractivity (Wildman–Crippen MR) is 69.2 cm³/mol. The summed E-state index contributed by atoms with van der Waals surface area (Å²) in [6, 6.07) is 5.85. The van der Waals surface area contributed by atoms with Gasteiger partial charge in [-0.1, -0.05) is 11.6 Å². The maximum atomic E-state index is 13.7. The Bertz CT molecular complexity index is 654. The van der Waals surface area contributed by atoms with Gasteiger partial charge in [0, 0.05) is 0 Å². The van der Waals surface area contributed by atoms with E-state index in [4.69, 9.17) is 22.7 Å². The van der Waals surface area contributed by atoms with Crippen LogP contribution in [0.15, 0.2) is 24.4 Å². The maximum Gasteiger partial charge on any atom is 0.239 e. The molecule has 0 spiro atoms. The standard InChI is InChI=1S/C11H8ClFN6/c12-7-5-16-11(19-15)18-10(7)17-9-2-1-6(4-14)3-8(9)13/h1-3,5H,15H2,(H2,16,17,18,19). The molecule has 1 heterocycles. The van der Waals surface area contributed by atoms with Crippen LogP contribution in [-0.2, 0) is 0 Å². The number of nitrogens with two attached hydrogens (primary N) is 1. The van der Waals surface area contributed by atoms with Crippen molar-refractivity contribution >= 4 is 29.1 Å². The lowest BCUT2D eigenvalue weighted by Crippen LogP contribution is -2.11. The zero-order valence-corrected chi connectivity index (χ0v) is 10.2. The average Bonchev–Trinajstić information content (AvgIpc) is 2.43. The van der Waals surface area contributed by atoms with Gasteiger partial charge in [-0.3, -0.25) is 5.43 Å². The molecule has 6 nitrogen and oxygen atoms in total. The van der Waals surface area contributed by atoms with Crippen LogP contribution >= 0.6 is 11.6 Å². The molecule has 0 aliphatic heterocycles. The average molecular weight is 279 g/mol. The lowest BCUT2D eigenvalue weighted by molar-refractivity contribution is 0.631. The minimum Gasteiger partial charge on any atom is -0.336 e. The molecule has 0 saturated carbocycles. The molecule has 0 amide bonds. The van der Waals surface area contributed by atoms with Gasteiger partial charge in [-0.25, -0.2) is 15.2 Å². The first-order valence-corrected chi connectivity index (χ1v) is 5.47. The van der Waals surface area contributed by atoms with Crippen LogP contribution in [-0.4, -0.2) is 9.97 Å². The molecule has 0 bridgehead atoms. The molecule has 0 aliphatic carbocycles. The summed E-state index contributed by atoms with van der Waals surface area (Å²) in [6.45, 7) is 0. The molecular formula is C11H8ClFN6. The molecule has 0 aliphatic rings. The Morgan fingerprint density at radius 1 is 1.42 bits per heavy atom. The van der Waals surface area contributed by atoms with Crippen molar-refractivity contribution in [3.63, 3.8) is 0 Å². The van der Waals surface area contributed by atoms with Gasteiger partial charge < -0.3 is 5.32 Å². The fraction of sp³-hybridized carbons (Fsp3) is 0. The topological polar surface area (TPSA) is 99.7 Å². The predicted octanol–water partition coefficient (Wildman–Crippen LogP) is 2.17. The van der Waals surface area contributed by atoms with E-state index in [0.29, 0.717) is 0 Å². The summed E-state index contributed by atoms with van der Waals surface area (Å²) in [5.74, 6) is 4.93. The number of nitrogen functional groups attached to an aromatic ring is 1. The summed E-state index contributed by atoms with van der Waals surface area (Å²) in [5.41, 5.74) is 2.62. The van der Waals surface area contributed by atoms with Crippen LogP contribution in [0.3, 0.4) is 0 Å². The molecule has 0 saturated heterocycles. The van der Waals surface area contributed by atoms with Gasteiger partial charge in [0.25, 0.3) is 0 Å². The Balaban J connectivity index is 2.33. The van der Waals surface area contributed by atoms with Crippen molar-refractivity contribution in [3.8, 4) is 6.07 Å². The normalized spacial score (nSPS) is 9.79. The number of aromatic nitrogens is 2. The van der Waals surface area contributed by atoms with Crippen molar-refractivity contribution in [1.29, 1.82) is 5.26 Å². The minimum atomic E-state index is -0.587. The number of nitrogens with one attached hydrogen (secondary N) is 2. The number of nitriles is 1. The van der Waals surface area contributed by atoms with E-state index in [1.54, 1.807) is 0 Å². The van der Waals surface area contributed by atoms with Crippen LogP contribution in [0, 0.1) is 17.1 Å². The van der Waals surface area contributed by atoms with Crippen molar-refractivity contribution in [2.75, 3.05) is 10.7 Å². The fourth-order valence-electron chi connectivity index (χ4n) is 1.34. The summed E-state index contributed by atoms with van der Waals surface area (Å²) < 4.78 is 13.7. The highest BCUT2D eigenvalue weighted by atomic mass is 35.5. The van der Waals surface area contributed by atoms with Crippen molar-refractivity contribution < 1.29 is 4.39 Å². The highest BCUT2D eigenvalue weighted by molar-refractivity contribution is 6.32. The van der Waals surface area contributed by atoms with Crippen molar-refractivity contribution in [1.82, 2.24) is 9.97 Å². The van der Waals surface area contributed by atoms with Crippen LogP contribution in [0.2, 0.25) is 5.02 Å². The van der Waals surface area contributed by atoms with E-state index in [0.717, 1.165) is 6.07 Å². The summed E-state index contributed by atoms with van der Waals surface area (Å²) in [4.78, 5) is 7.74. The third-order valence-corrected chi connectivity index (χ3v) is 2.50. The van der Waals surface area contributed by atoms with Crippen LogP contribution < -0.4 is 16.6 Å². The number of halogens is 2. The monoisotopic (exact) mass is 278 g/mol. The van der Waals surface area contributed by atoms with Gasteiger partial charge in [-0.05, 0) is 18.2 Å². The van der Waals surface area contributed by atoms with E-state index in [1.807, 2.05) is 6.07 Å². The van der Waals surface area contributed by atoms with Crippen molar-refractivity contribution in [2.45, 2.75) is 0 Å². The molecule has 1 aromatic heterocycles. The fourth-order valence-corrected chi connectivity index (χ4v) is 1.48. The molecule has 19 heavy (non-hydrogen) atoms. The van der Waals surface area contributed by atoms with Crippen LogP contribution in [0.4, 0.5) is 21.8 Å². The Labute approximate surface area is 113 Å². The Morgan fingerprint density at radius 3 is 2.84 bits per heavy atom. The van der Waals surface area contributed by atoms with Gasteiger partial charge in [0.2, 0.25) is 5.95 Å². The van der Waals surface area contributed by atoms with Crippen molar-refractivity contribution in [2.24, 2.45) is 5.84 Å². The molecule has 0 atom stereocenters. The van der Waals surface area contributed by atoms with Gasteiger partial charge >= 0.3 is 0 Å². The molecule has 2 rings (SSSR count). The minimum absolute atomic E-state index is 0.140. The Morgan fingerprint density at radius 2 is 2.21 bits per heavy atom. The van der Waals surface area contributed by atoms with Crippen LogP contribution in [0.5, 0.6) is 0 Å². The quantitative estimate of drug-likeness (QED) is 0.588. The zero-order chi connectivity index (χ0) is 13.8. The van der Waals surface area contributed by atoms with E-state index in [-0.39, 0.29) is 28.0 Å². The van der Waals surface area contributed by atoms with Gasteiger partial charge in [0.05, 0.1) is 23.5 Å². The van der Waals surface area contributed by atoms with E-state index < -0.39 is 5.82 Å². The lowest BCUT2D eigenvalue weighted by Gasteiger charge is -2.09. The largest absolute Gasteiger partial charge is 0.336 e. The van der Waals surface area contributed by atoms with Crippen LogP contribution in [0.1, 0.15) is 5.56 Å². The Hall–Kier alpha value is -2.43. The SMILES string of the molecule is N#Cc1ccc(Nc2nc(NN)ncc2Cl)c(F)c1. The first-order valence-electron chi connectivity index (χ1n) is 5.10. The second-order valence-electron chi connectivity index (χ2n) is 3.47. The summed E-state index contributed by atoms with van der Waals surface area (Å²) in [7, 11) is 0. The first kappa shape index (κ1) is 13.0. The number of hydrogen-bond acceptors (Lipinski definition) is 6. The molecule has 1 aromatic carbocycles. The van der Waals surface area contributed by atoms with E-state index in [9.17, 15) is 4.39 Å². The molecule has 0 fully saturated rings. The summed E-state index contributed by atoms with van der Waals surface area (Å²) in [5, 5.41) is 11.6. The first-order chi connectivity index (χ1) is 9.13. The van der Waals surface area contributed by atoms with Gasteiger partial charge in [0.1, 0.15) is 10.8 Å². The Kier molecular flexibility index (Phi) is 3.75. The summed E-state index contributed by atoms with van der Waals surface area (Å²) in [6.07, 6.45) is 1.33. The third kappa shape index (κ3) is 2.88. The number of hydrogen-bond donors (Lipinski definition) is 3. The molecule has 0 unspecified atom stereocenters. The lowest BCUT2D eigenvalue weighted by atomic mass is 10.2. The zero-order valence-electron chi connectivity index (χ0n) is 9.48. The van der Waals surface area contributed by atoms with Gasteiger partial charge in [-0.2, -0.15) is 10.2 Å². The third-order valence-electron chi connectivity index (χ3n) is 2.22. The van der Waals surface area contributed by atoms with Crippen molar-refractivity contribution in [3.05, 3.63) is 40.8 Å². The molecule has 8 heteroatoms. The second-order valence-corrected chi connectivity index (χ2v) is 3.87. The van der Waals surface area contributed by atoms with E-state index in [2.05, 4.69) is 20.7 Å². The highest BCUT2D eigenvalue weighted by Gasteiger charge is 2.09. The molecule has 0 radical (unpaired) electrons. The van der Waals surface area contributed by atoms with E-state index in [1.165, 1.54) is 18.3 Å². The van der Waals surface area contributed by atoms with E-state index >= 15 is 0 Å². The number of anilines is 3. The van der Waals surface area contributed by atoms with Gasteiger partial charge in [-0.15, -0.1) is 0 Å². The number of nitrogens with zero attached hydrogens (tertiary/aromatic N) is 3. The number of benzene rings is 1. The second kappa shape index (κ2) is 5.48. The number of rotatable bonds is 3. The summed E-state index contributed by atoms with van der Waals surface area (Å²) >= 11 is 5.88. The molecule has 96 valence electrons. The highest BCUT2D eigenvalue weighted by Crippen LogP contribution is 2.25. The number of hydrazine groups is 1. The maximum absolute atomic E-state index is 13.7. The van der Waals surface area contributed by atoms with Crippen LogP contribution in [0.25, 0.3) is 0 Å².